The minimum Gasteiger partial charge on any atom is -0.497 e. The number of nitrogens with zero attached hydrogens (tertiary/aromatic N) is 1. The van der Waals surface area contributed by atoms with E-state index in [0.717, 1.165) is 11.3 Å². The maximum atomic E-state index is 14.0. The van der Waals surface area contributed by atoms with Crippen LogP contribution in [0.2, 0.25) is 5.02 Å². The molecule has 5 aromatic rings. The number of benzene rings is 3. The number of thiophene rings is 1. The van der Waals surface area contributed by atoms with Gasteiger partial charge in [0.1, 0.15) is 16.5 Å². The summed E-state index contributed by atoms with van der Waals surface area (Å²) in [5, 5.41) is 7.00. The standard InChI is InChI=1S/C33H28ClN3O6S/c1-5-43-33(40)28-18(2)29(31(39)35-20-12-10-19(34)11-13-20)44-32(28)37-30(38)23-17-26(36-25-9-7-6-8-22(23)25)24-16-21(41-3)14-15-27(24)42-4/h6-17H,5H2,1-4H3,(H,35,39)(H,37,38). The number of fused-ring (bicyclic) bond motifs is 1. The lowest BCUT2D eigenvalue weighted by atomic mass is 10.0. The number of carbonyl (C=O) groups is 3. The molecule has 0 spiro atoms. The summed E-state index contributed by atoms with van der Waals surface area (Å²) in [5.41, 5.74) is 3.03. The fourth-order valence-electron chi connectivity index (χ4n) is 4.67. The van der Waals surface area contributed by atoms with Crippen LogP contribution in [0.4, 0.5) is 10.7 Å². The number of anilines is 2. The number of amides is 2. The van der Waals surface area contributed by atoms with Crippen LogP contribution in [0.3, 0.4) is 0 Å². The van der Waals surface area contributed by atoms with Gasteiger partial charge in [0.15, 0.2) is 0 Å². The predicted octanol–water partition coefficient (Wildman–Crippen LogP) is 7.62. The molecule has 2 aromatic heterocycles. The zero-order chi connectivity index (χ0) is 31.4. The number of para-hydroxylation sites is 1. The van der Waals surface area contributed by atoms with E-state index < -0.39 is 17.8 Å². The van der Waals surface area contributed by atoms with Crippen LogP contribution in [0.25, 0.3) is 22.2 Å². The van der Waals surface area contributed by atoms with E-state index >= 15 is 0 Å². The quantitative estimate of drug-likeness (QED) is 0.161. The predicted molar refractivity (Wildman–Crippen MR) is 173 cm³/mol. The Morgan fingerprint density at radius 3 is 2.36 bits per heavy atom. The van der Waals surface area contributed by atoms with Crippen LogP contribution in [-0.2, 0) is 4.74 Å². The third kappa shape index (κ3) is 6.22. The highest BCUT2D eigenvalue weighted by atomic mass is 35.5. The van der Waals surface area contributed by atoms with Gasteiger partial charge in [-0.1, -0.05) is 29.8 Å². The maximum absolute atomic E-state index is 14.0. The Labute approximate surface area is 262 Å². The topological polar surface area (TPSA) is 116 Å². The Bertz CT molecular complexity index is 1890. The number of rotatable bonds is 9. The highest BCUT2D eigenvalue weighted by molar-refractivity contribution is 7.19. The number of esters is 1. The van der Waals surface area contributed by atoms with E-state index in [4.69, 9.17) is 30.8 Å². The van der Waals surface area contributed by atoms with E-state index in [1.807, 2.05) is 12.1 Å². The van der Waals surface area contributed by atoms with Crippen LogP contribution in [-0.4, -0.2) is 43.6 Å². The maximum Gasteiger partial charge on any atom is 0.341 e. The molecular formula is C33H28ClN3O6S. The molecule has 3 aromatic carbocycles. The largest absolute Gasteiger partial charge is 0.497 e. The fraction of sp³-hybridized carbons (Fsp3) is 0.152. The molecule has 9 nitrogen and oxygen atoms in total. The first-order valence-corrected chi connectivity index (χ1v) is 14.7. The highest BCUT2D eigenvalue weighted by Gasteiger charge is 2.28. The van der Waals surface area contributed by atoms with Gasteiger partial charge in [-0.05, 0) is 74.0 Å². The lowest BCUT2D eigenvalue weighted by Crippen LogP contribution is -2.16. The van der Waals surface area contributed by atoms with Gasteiger partial charge in [0.2, 0.25) is 0 Å². The monoisotopic (exact) mass is 629 g/mol. The van der Waals surface area contributed by atoms with E-state index in [-0.39, 0.29) is 22.0 Å². The number of pyridine rings is 1. The number of carbonyl (C=O) groups excluding carboxylic acids is 3. The lowest BCUT2D eigenvalue weighted by molar-refractivity contribution is 0.0527. The number of halogens is 1. The van der Waals surface area contributed by atoms with Crippen LogP contribution in [0, 0.1) is 6.92 Å². The van der Waals surface area contributed by atoms with Gasteiger partial charge >= 0.3 is 5.97 Å². The summed E-state index contributed by atoms with van der Waals surface area (Å²) >= 11 is 6.96. The van der Waals surface area contributed by atoms with Crippen molar-refractivity contribution in [2.45, 2.75) is 13.8 Å². The molecule has 0 aliphatic carbocycles. The summed E-state index contributed by atoms with van der Waals surface area (Å²) in [6.45, 7) is 3.45. The first kappa shape index (κ1) is 30.5. The molecule has 224 valence electrons. The molecule has 0 saturated carbocycles. The van der Waals surface area contributed by atoms with E-state index in [1.165, 1.54) is 0 Å². The number of nitrogens with one attached hydrogen (secondary N) is 2. The van der Waals surface area contributed by atoms with Gasteiger partial charge in [0, 0.05) is 21.7 Å². The van der Waals surface area contributed by atoms with Crippen LogP contribution < -0.4 is 20.1 Å². The first-order valence-electron chi connectivity index (χ1n) is 13.5. The average molecular weight is 630 g/mol. The van der Waals surface area contributed by atoms with Gasteiger partial charge in [-0.15, -0.1) is 11.3 Å². The number of methoxy groups -OCH3 is 2. The summed E-state index contributed by atoms with van der Waals surface area (Å²) in [6, 6.07) is 20.9. The van der Waals surface area contributed by atoms with Gasteiger partial charge in [-0.25, -0.2) is 9.78 Å². The Hall–Kier alpha value is -4.93. The van der Waals surface area contributed by atoms with Crippen molar-refractivity contribution in [1.82, 2.24) is 4.98 Å². The normalized spacial score (nSPS) is 10.8. The van der Waals surface area contributed by atoms with Crippen LogP contribution in [0.1, 0.15) is 42.9 Å². The molecule has 0 atom stereocenters. The minimum atomic E-state index is -0.650. The summed E-state index contributed by atoms with van der Waals surface area (Å²) in [4.78, 5) is 45.4. The second-order valence-corrected chi connectivity index (χ2v) is 11.0. The summed E-state index contributed by atoms with van der Waals surface area (Å²) in [6.07, 6.45) is 0. The SMILES string of the molecule is CCOC(=O)c1c(NC(=O)c2cc(-c3cc(OC)ccc3OC)nc3ccccc23)sc(C(=O)Nc2ccc(Cl)cc2)c1C. The average Bonchev–Trinajstić information content (AvgIpc) is 3.36. The van der Waals surface area contributed by atoms with Crippen molar-refractivity contribution in [2.75, 3.05) is 31.5 Å². The molecular weight excluding hydrogens is 602 g/mol. The van der Waals surface area contributed by atoms with E-state index in [2.05, 4.69) is 10.6 Å². The summed E-state index contributed by atoms with van der Waals surface area (Å²) < 4.78 is 16.3. The molecule has 2 amide bonds. The molecule has 0 fully saturated rings. The minimum absolute atomic E-state index is 0.111. The smallest absolute Gasteiger partial charge is 0.341 e. The fourth-order valence-corrected chi connectivity index (χ4v) is 5.89. The van der Waals surface area contributed by atoms with Gasteiger partial charge in [0.25, 0.3) is 11.8 Å². The Kier molecular flexibility index (Phi) is 9.12. The molecule has 5 rings (SSSR count). The van der Waals surface area contributed by atoms with Crippen LogP contribution in [0.5, 0.6) is 11.5 Å². The van der Waals surface area contributed by atoms with E-state index in [1.54, 1.807) is 88.7 Å². The molecule has 0 bridgehead atoms. The number of hydrogen-bond acceptors (Lipinski definition) is 8. The van der Waals surface area contributed by atoms with Gasteiger partial charge < -0.3 is 24.8 Å². The molecule has 0 unspecified atom stereocenters. The van der Waals surface area contributed by atoms with E-state index in [0.29, 0.717) is 55.5 Å². The zero-order valence-corrected chi connectivity index (χ0v) is 25.9. The van der Waals surface area contributed by atoms with Crippen LogP contribution >= 0.6 is 22.9 Å². The Morgan fingerprint density at radius 2 is 1.66 bits per heavy atom. The van der Waals surface area contributed by atoms with Crippen molar-refractivity contribution in [2.24, 2.45) is 0 Å². The molecule has 0 aliphatic heterocycles. The Morgan fingerprint density at radius 1 is 0.909 bits per heavy atom. The van der Waals surface area contributed by atoms with Crippen molar-refractivity contribution in [1.29, 1.82) is 0 Å². The van der Waals surface area contributed by atoms with Crippen molar-refractivity contribution in [3.8, 4) is 22.8 Å². The van der Waals surface area contributed by atoms with Crippen LogP contribution in [0.15, 0.2) is 72.8 Å². The second kappa shape index (κ2) is 13.2. The number of hydrogen-bond donors (Lipinski definition) is 2. The van der Waals surface area contributed by atoms with Gasteiger partial charge in [-0.2, -0.15) is 0 Å². The highest BCUT2D eigenvalue weighted by Crippen LogP contribution is 2.37. The van der Waals surface area contributed by atoms with Crippen molar-refractivity contribution in [3.05, 3.63) is 99.4 Å². The van der Waals surface area contributed by atoms with Gasteiger partial charge in [0.05, 0.1) is 48.0 Å². The molecule has 0 radical (unpaired) electrons. The second-order valence-electron chi connectivity index (χ2n) is 9.53. The molecule has 11 heteroatoms. The molecule has 0 saturated heterocycles. The number of ether oxygens (including phenoxy) is 3. The third-order valence-electron chi connectivity index (χ3n) is 6.81. The molecule has 44 heavy (non-hydrogen) atoms. The Balaban J connectivity index is 1.57. The molecule has 2 N–H and O–H groups in total. The molecule has 2 heterocycles. The van der Waals surface area contributed by atoms with Crippen molar-refractivity contribution < 1.29 is 28.6 Å². The molecule has 0 aliphatic rings. The number of aromatic nitrogens is 1. The summed E-state index contributed by atoms with van der Waals surface area (Å²) in [5.74, 6) is -0.441. The lowest BCUT2D eigenvalue weighted by Gasteiger charge is -2.13. The first-order chi connectivity index (χ1) is 21.2. The third-order valence-corrected chi connectivity index (χ3v) is 8.26. The van der Waals surface area contributed by atoms with Crippen molar-refractivity contribution >= 4 is 62.3 Å². The van der Waals surface area contributed by atoms with E-state index in [9.17, 15) is 14.4 Å². The zero-order valence-electron chi connectivity index (χ0n) is 24.3. The summed E-state index contributed by atoms with van der Waals surface area (Å²) in [7, 11) is 3.11. The van der Waals surface area contributed by atoms with Crippen molar-refractivity contribution in [3.63, 3.8) is 0 Å². The van der Waals surface area contributed by atoms with Gasteiger partial charge in [-0.3, -0.25) is 9.59 Å².